The summed E-state index contributed by atoms with van der Waals surface area (Å²) in [7, 11) is 0. The van der Waals surface area contributed by atoms with Gasteiger partial charge in [0.2, 0.25) is 5.91 Å². The summed E-state index contributed by atoms with van der Waals surface area (Å²) in [6.45, 7) is 7.99. The molecule has 2 N–H and O–H groups in total. The van der Waals surface area contributed by atoms with E-state index in [1.807, 2.05) is 12.1 Å². The van der Waals surface area contributed by atoms with Crippen molar-refractivity contribution in [2.45, 2.75) is 32.2 Å². The van der Waals surface area contributed by atoms with Gasteiger partial charge in [-0.25, -0.2) is 0 Å². The Bertz CT molecular complexity index is 974. The largest absolute Gasteiger partial charge is 0.369 e. The predicted octanol–water partition coefficient (Wildman–Crippen LogP) is 3.23. The molecule has 33 heavy (non-hydrogen) atoms. The molecule has 174 valence electrons. The molecular weight excluding hydrogens is 412 g/mol. The highest BCUT2D eigenvalue weighted by Gasteiger charge is 2.23. The summed E-state index contributed by atoms with van der Waals surface area (Å²) in [5.74, 6) is -0.114. The first kappa shape index (κ1) is 23.1. The lowest BCUT2D eigenvalue weighted by molar-refractivity contribution is -0.116. The minimum atomic E-state index is -0.0881. The van der Waals surface area contributed by atoms with Crippen LogP contribution in [0.2, 0.25) is 0 Å². The molecule has 2 aromatic carbocycles. The topological polar surface area (TPSA) is 64.7 Å². The molecule has 1 heterocycles. The molecule has 6 nitrogen and oxygen atoms in total. The van der Waals surface area contributed by atoms with Gasteiger partial charge in [0.1, 0.15) is 0 Å². The van der Waals surface area contributed by atoms with E-state index in [4.69, 9.17) is 0 Å². The summed E-state index contributed by atoms with van der Waals surface area (Å²) < 4.78 is 0. The van der Waals surface area contributed by atoms with Gasteiger partial charge in [-0.2, -0.15) is 0 Å². The average Bonchev–Trinajstić information content (AvgIpc) is 3.65. The van der Waals surface area contributed by atoms with Gasteiger partial charge in [-0.15, -0.1) is 0 Å². The lowest BCUT2D eigenvalue weighted by Gasteiger charge is -2.36. The van der Waals surface area contributed by atoms with Crippen molar-refractivity contribution in [2.24, 2.45) is 0 Å². The summed E-state index contributed by atoms with van der Waals surface area (Å²) in [4.78, 5) is 29.1. The van der Waals surface area contributed by atoms with Gasteiger partial charge < -0.3 is 15.5 Å². The number of amides is 2. The lowest BCUT2D eigenvalue weighted by Crippen LogP contribution is -2.47. The third-order valence-electron chi connectivity index (χ3n) is 6.20. The Balaban J connectivity index is 1.11. The normalized spacial score (nSPS) is 16.7. The monoisotopic (exact) mass is 446 g/mol. The van der Waals surface area contributed by atoms with Crippen molar-refractivity contribution in [3.63, 3.8) is 0 Å². The molecule has 1 saturated carbocycles. The second-order valence-corrected chi connectivity index (χ2v) is 9.02. The first-order valence-corrected chi connectivity index (χ1v) is 12.0. The van der Waals surface area contributed by atoms with Gasteiger partial charge in [0, 0.05) is 56.1 Å². The molecule has 0 bridgehead atoms. The second kappa shape index (κ2) is 11.1. The van der Waals surface area contributed by atoms with Crippen LogP contribution in [0.5, 0.6) is 0 Å². The van der Waals surface area contributed by atoms with Crippen LogP contribution in [-0.4, -0.2) is 62.0 Å². The molecule has 2 aliphatic rings. The molecule has 0 radical (unpaired) electrons. The summed E-state index contributed by atoms with van der Waals surface area (Å²) in [6.07, 6.45) is 6.43. The van der Waals surface area contributed by atoms with Crippen LogP contribution < -0.4 is 15.5 Å². The SMILES string of the molecule is Cc1cccc(N2CCN(CCCNC(=O)/C=C/c3ccc(C(=O)NC4CC4)cc3)CC2)c1. The first-order valence-electron chi connectivity index (χ1n) is 12.0. The van der Waals surface area contributed by atoms with Crippen molar-refractivity contribution in [1.29, 1.82) is 0 Å². The van der Waals surface area contributed by atoms with Crippen molar-refractivity contribution in [1.82, 2.24) is 15.5 Å². The molecule has 1 aliphatic heterocycles. The third-order valence-corrected chi connectivity index (χ3v) is 6.20. The highest BCUT2D eigenvalue weighted by atomic mass is 16.2. The molecular formula is C27H34N4O2. The van der Waals surface area contributed by atoms with E-state index in [-0.39, 0.29) is 11.8 Å². The summed E-state index contributed by atoms with van der Waals surface area (Å²) in [5, 5.41) is 5.94. The van der Waals surface area contributed by atoms with E-state index in [0.29, 0.717) is 18.2 Å². The standard InChI is InChI=1S/C27H34N4O2/c1-21-4-2-5-25(20-21)31-18-16-30(17-19-31)15-3-14-28-26(32)13-8-22-6-9-23(10-7-22)27(33)29-24-11-12-24/h2,4-10,13,20,24H,3,11-12,14-19H2,1H3,(H,28,32)(H,29,33)/b13-8+. The molecule has 2 aromatic rings. The second-order valence-electron chi connectivity index (χ2n) is 9.02. The van der Waals surface area contributed by atoms with E-state index in [2.05, 4.69) is 51.6 Å². The zero-order valence-electron chi connectivity index (χ0n) is 19.4. The zero-order chi connectivity index (χ0) is 23.0. The molecule has 1 saturated heterocycles. The number of aryl methyl sites for hydroxylation is 1. The van der Waals surface area contributed by atoms with Crippen LogP contribution in [-0.2, 0) is 4.79 Å². The quantitative estimate of drug-likeness (QED) is 0.459. The van der Waals surface area contributed by atoms with Gasteiger partial charge in [0.05, 0.1) is 0 Å². The van der Waals surface area contributed by atoms with Gasteiger partial charge in [0.25, 0.3) is 5.91 Å². The van der Waals surface area contributed by atoms with Gasteiger partial charge in [0.15, 0.2) is 0 Å². The smallest absolute Gasteiger partial charge is 0.251 e. The van der Waals surface area contributed by atoms with E-state index in [1.165, 1.54) is 11.3 Å². The molecule has 6 heteroatoms. The molecule has 0 unspecified atom stereocenters. The van der Waals surface area contributed by atoms with Gasteiger partial charge in [-0.1, -0.05) is 24.3 Å². The Hall–Kier alpha value is -3.12. The minimum Gasteiger partial charge on any atom is -0.369 e. The van der Waals surface area contributed by atoms with Gasteiger partial charge >= 0.3 is 0 Å². The van der Waals surface area contributed by atoms with E-state index >= 15 is 0 Å². The highest BCUT2D eigenvalue weighted by molar-refractivity contribution is 5.95. The number of hydrogen-bond donors (Lipinski definition) is 2. The number of carbonyl (C=O) groups is 2. The number of anilines is 1. The molecule has 0 atom stereocenters. The summed E-state index contributed by atoms with van der Waals surface area (Å²) >= 11 is 0. The fourth-order valence-electron chi connectivity index (χ4n) is 4.04. The van der Waals surface area contributed by atoms with Crippen LogP contribution in [0.15, 0.2) is 54.6 Å². The number of hydrogen-bond acceptors (Lipinski definition) is 4. The Kier molecular flexibility index (Phi) is 7.79. The number of carbonyl (C=O) groups excluding carboxylic acids is 2. The van der Waals surface area contributed by atoms with Crippen molar-refractivity contribution in [2.75, 3.05) is 44.2 Å². The van der Waals surface area contributed by atoms with E-state index in [0.717, 1.165) is 57.5 Å². The summed E-state index contributed by atoms with van der Waals surface area (Å²) in [5.41, 5.74) is 4.17. The number of nitrogens with one attached hydrogen (secondary N) is 2. The zero-order valence-corrected chi connectivity index (χ0v) is 19.4. The summed E-state index contributed by atoms with van der Waals surface area (Å²) in [6, 6.07) is 16.4. The molecule has 2 amide bonds. The van der Waals surface area contributed by atoms with Gasteiger partial charge in [-0.3, -0.25) is 14.5 Å². The van der Waals surface area contributed by atoms with Crippen molar-refractivity contribution in [3.05, 3.63) is 71.3 Å². The van der Waals surface area contributed by atoms with Crippen LogP contribution in [0.1, 0.15) is 40.7 Å². The number of rotatable bonds is 9. The minimum absolute atomic E-state index is 0.0256. The number of benzene rings is 2. The Morgan fingerprint density at radius 3 is 2.48 bits per heavy atom. The Morgan fingerprint density at radius 2 is 1.79 bits per heavy atom. The maximum Gasteiger partial charge on any atom is 0.251 e. The molecule has 0 aromatic heterocycles. The molecule has 0 spiro atoms. The molecule has 2 fully saturated rings. The van der Waals surface area contributed by atoms with E-state index in [9.17, 15) is 9.59 Å². The maximum atomic E-state index is 12.1. The van der Waals surface area contributed by atoms with Crippen LogP contribution in [0, 0.1) is 6.92 Å². The van der Waals surface area contributed by atoms with Crippen molar-refractivity contribution < 1.29 is 9.59 Å². The third kappa shape index (κ3) is 7.19. The molecule has 1 aliphatic carbocycles. The van der Waals surface area contributed by atoms with Crippen LogP contribution in [0.3, 0.4) is 0 Å². The van der Waals surface area contributed by atoms with Crippen LogP contribution in [0.25, 0.3) is 6.08 Å². The lowest BCUT2D eigenvalue weighted by atomic mass is 10.1. The van der Waals surface area contributed by atoms with E-state index in [1.54, 1.807) is 24.3 Å². The molecule has 4 rings (SSSR count). The first-order chi connectivity index (χ1) is 16.1. The van der Waals surface area contributed by atoms with Crippen molar-refractivity contribution >= 4 is 23.6 Å². The average molecular weight is 447 g/mol. The fraction of sp³-hybridized carbons (Fsp3) is 0.407. The van der Waals surface area contributed by atoms with Crippen LogP contribution in [0.4, 0.5) is 5.69 Å². The number of piperazine rings is 1. The Morgan fingerprint density at radius 1 is 1.03 bits per heavy atom. The van der Waals surface area contributed by atoms with Gasteiger partial charge in [-0.05, 0) is 74.2 Å². The van der Waals surface area contributed by atoms with Crippen molar-refractivity contribution in [3.8, 4) is 0 Å². The van der Waals surface area contributed by atoms with Crippen LogP contribution >= 0.6 is 0 Å². The Labute approximate surface area is 196 Å². The van der Waals surface area contributed by atoms with E-state index < -0.39 is 0 Å². The highest BCUT2D eigenvalue weighted by Crippen LogP contribution is 2.20. The number of nitrogens with zero attached hydrogens (tertiary/aromatic N) is 2. The maximum absolute atomic E-state index is 12.1. The fourth-order valence-corrected chi connectivity index (χ4v) is 4.04. The predicted molar refractivity (Wildman–Crippen MR) is 133 cm³/mol.